The van der Waals surface area contributed by atoms with E-state index in [-0.39, 0.29) is 33.7 Å². The Morgan fingerprint density at radius 1 is 1.09 bits per heavy atom. The summed E-state index contributed by atoms with van der Waals surface area (Å²) in [6, 6.07) is 0. The predicted molar refractivity (Wildman–Crippen MR) is 79.9 cm³/mol. The average Bonchev–Trinajstić information content (AvgIpc) is 2.49. The summed E-state index contributed by atoms with van der Waals surface area (Å²) >= 11 is 0. The first-order valence-electron chi connectivity index (χ1n) is 6.80. The quantitative estimate of drug-likeness (QED) is 0.217. The van der Waals surface area contributed by atoms with Crippen molar-refractivity contribution in [1.29, 1.82) is 0 Å². The first-order chi connectivity index (χ1) is 10.5. The average molecular weight is 350 g/mol. The zero-order valence-electron chi connectivity index (χ0n) is 12.5. The molecule has 1 unspecified atom stereocenters. The largest absolute Gasteiger partial charge is 0.466 e. The van der Waals surface area contributed by atoms with Crippen LogP contribution in [0.4, 0.5) is 0 Å². The van der Waals surface area contributed by atoms with E-state index in [0.29, 0.717) is 12.8 Å². The summed E-state index contributed by atoms with van der Waals surface area (Å²) in [5, 5.41) is 0. The van der Waals surface area contributed by atoms with Crippen LogP contribution in [0.2, 0.25) is 0 Å². The van der Waals surface area contributed by atoms with Crippen molar-refractivity contribution in [2.24, 2.45) is 0 Å². The number of esters is 2. The number of rotatable bonds is 13. The molecule has 0 saturated heterocycles. The van der Waals surface area contributed by atoms with Crippen LogP contribution in [-0.4, -0.2) is 31.0 Å². The fourth-order valence-corrected chi connectivity index (χ4v) is 2.14. The van der Waals surface area contributed by atoms with Crippen LogP contribution in [-0.2, 0) is 32.7 Å². The maximum Gasteiger partial charge on any atom is 0.333 e. The fraction of sp³-hybridized carbons (Fsp3) is 0.692. The molecule has 0 heterocycles. The summed E-state index contributed by atoms with van der Waals surface area (Å²) in [5.74, 6) is -1.52. The molecule has 0 aliphatic rings. The topological polar surface area (TPSA) is 96.0 Å². The zero-order chi connectivity index (χ0) is 16.8. The smallest absolute Gasteiger partial charge is 0.333 e. The molecule has 9 heteroatoms. The molecule has 0 aromatic heterocycles. The Hall–Kier alpha value is -1.16. The lowest BCUT2D eigenvalue weighted by Gasteiger charge is -2.07. The van der Waals surface area contributed by atoms with Crippen LogP contribution in [0, 0.1) is 0 Å². The summed E-state index contributed by atoms with van der Waals surface area (Å²) in [7, 11) is -0.678. The van der Waals surface area contributed by atoms with E-state index in [4.69, 9.17) is 9.47 Å². The van der Waals surface area contributed by atoms with E-state index in [9.17, 15) is 18.7 Å². The minimum Gasteiger partial charge on any atom is -0.466 e. The van der Waals surface area contributed by atoms with Gasteiger partial charge in [-0.05, 0) is 32.6 Å². The van der Waals surface area contributed by atoms with Gasteiger partial charge in [0.15, 0.2) is 14.3 Å². The van der Waals surface area contributed by atoms with Crippen LogP contribution in [0.3, 0.4) is 0 Å². The van der Waals surface area contributed by atoms with Crippen molar-refractivity contribution in [2.75, 3.05) is 13.2 Å². The summed E-state index contributed by atoms with van der Waals surface area (Å²) in [5.41, 5.74) is 0.282. The van der Waals surface area contributed by atoms with Gasteiger partial charge in [-0.25, -0.2) is 9.36 Å². The first-order valence-corrected chi connectivity index (χ1v) is 8.41. The maximum absolute atomic E-state index is 11.3. The monoisotopic (exact) mass is 350 g/mol. The Bertz CT molecular complexity index is 398. The Labute approximate surface area is 132 Å². The van der Waals surface area contributed by atoms with Gasteiger partial charge < -0.3 is 9.47 Å². The standard InChI is InChI=1S/C13H20O7P2/c1-10(2)13(15)19-9-7-11(14)18-8-5-3-4-6-12(21-16)20-22-17/h12H,1,3-9H2,2H3. The SMILES string of the molecule is C=C(C)C(=O)OCCC(=O)OCCCCCC(OP=O)P=O. The van der Waals surface area contributed by atoms with E-state index in [2.05, 4.69) is 11.1 Å². The van der Waals surface area contributed by atoms with E-state index in [1.165, 1.54) is 6.92 Å². The molecule has 0 aromatic rings. The second-order valence-electron chi connectivity index (χ2n) is 4.48. The normalized spacial score (nSPS) is 12.0. The number of ether oxygens (including phenoxy) is 2. The van der Waals surface area contributed by atoms with Crippen molar-refractivity contribution in [3.8, 4) is 0 Å². The van der Waals surface area contributed by atoms with Gasteiger partial charge in [-0.1, -0.05) is 6.58 Å². The Kier molecular flexibility index (Phi) is 12.8. The third-order valence-electron chi connectivity index (χ3n) is 2.53. The molecule has 0 saturated carbocycles. The van der Waals surface area contributed by atoms with Crippen molar-refractivity contribution in [1.82, 2.24) is 0 Å². The molecule has 0 spiro atoms. The van der Waals surface area contributed by atoms with Crippen LogP contribution < -0.4 is 0 Å². The summed E-state index contributed by atoms with van der Waals surface area (Å²) < 4.78 is 35.2. The van der Waals surface area contributed by atoms with Crippen LogP contribution >= 0.6 is 17.1 Å². The molecule has 0 N–H and O–H groups in total. The lowest BCUT2D eigenvalue weighted by molar-refractivity contribution is -0.147. The minimum absolute atomic E-state index is 0.00652. The third kappa shape index (κ3) is 11.5. The van der Waals surface area contributed by atoms with Gasteiger partial charge in [-0.3, -0.25) is 13.9 Å². The highest BCUT2D eigenvalue weighted by Crippen LogP contribution is 2.20. The van der Waals surface area contributed by atoms with E-state index in [0.717, 1.165) is 12.8 Å². The van der Waals surface area contributed by atoms with Crippen LogP contribution in [0.25, 0.3) is 0 Å². The van der Waals surface area contributed by atoms with E-state index >= 15 is 0 Å². The van der Waals surface area contributed by atoms with E-state index in [1.807, 2.05) is 0 Å². The molecule has 7 nitrogen and oxygen atoms in total. The summed E-state index contributed by atoms with van der Waals surface area (Å²) in [4.78, 5) is 22.4. The van der Waals surface area contributed by atoms with Crippen molar-refractivity contribution >= 4 is 29.1 Å². The van der Waals surface area contributed by atoms with Crippen molar-refractivity contribution in [3.05, 3.63) is 12.2 Å². The molecule has 0 aromatic carbocycles. The highest BCUT2D eigenvalue weighted by molar-refractivity contribution is 7.26. The maximum atomic E-state index is 11.3. The molecule has 124 valence electrons. The van der Waals surface area contributed by atoms with Gasteiger partial charge in [0.1, 0.15) is 6.61 Å². The van der Waals surface area contributed by atoms with Gasteiger partial charge >= 0.3 is 20.6 Å². The Balaban J connectivity index is 3.53. The molecule has 0 rings (SSSR count). The molecule has 0 aliphatic heterocycles. The molecule has 22 heavy (non-hydrogen) atoms. The molecular formula is C13H20O7P2. The van der Waals surface area contributed by atoms with Crippen LogP contribution in [0.15, 0.2) is 12.2 Å². The highest BCUT2D eigenvalue weighted by atomic mass is 31.1. The highest BCUT2D eigenvalue weighted by Gasteiger charge is 2.09. The number of carbonyl (C=O) groups excluding carboxylic acids is 2. The Morgan fingerprint density at radius 2 is 1.82 bits per heavy atom. The molecule has 0 amide bonds. The predicted octanol–water partition coefficient (Wildman–Crippen LogP) is 3.44. The van der Waals surface area contributed by atoms with Gasteiger partial charge in [-0.15, -0.1) is 0 Å². The van der Waals surface area contributed by atoms with Gasteiger partial charge in [0.2, 0.25) is 0 Å². The minimum atomic E-state index is -0.565. The van der Waals surface area contributed by atoms with E-state index < -0.39 is 26.5 Å². The van der Waals surface area contributed by atoms with Crippen LogP contribution in [0.1, 0.15) is 39.0 Å². The molecule has 0 aliphatic carbocycles. The molecule has 1 atom stereocenters. The molecule has 0 fully saturated rings. The van der Waals surface area contributed by atoms with Gasteiger partial charge in [0.05, 0.1) is 13.0 Å². The van der Waals surface area contributed by atoms with Crippen molar-refractivity contribution in [2.45, 2.75) is 44.9 Å². The van der Waals surface area contributed by atoms with Gasteiger partial charge in [-0.2, -0.15) is 0 Å². The van der Waals surface area contributed by atoms with Crippen molar-refractivity contribution < 1.29 is 32.7 Å². The zero-order valence-corrected chi connectivity index (χ0v) is 14.3. The number of hydrogen-bond donors (Lipinski definition) is 0. The third-order valence-corrected chi connectivity index (χ3v) is 3.63. The van der Waals surface area contributed by atoms with Gasteiger partial charge in [0, 0.05) is 5.57 Å². The second-order valence-corrected chi connectivity index (χ2v) is 5.62. The van der Waals surface area contributed by atoms with Crippen LogP contribution in [0.5, 0.6) is 0 Å². The lowest BCUT2D eigenvalue weighted by Crippen LogP contribution is -2.12. The summed E-state index contributed by atoms with van der Waals surface area (Å²) in [6.07, 6.45) is 2.68. The number of hydrogen-bond acceptors (Lipinski definition) is 7. The summed E-state index contributed by atoms with van der Waals surface area (Å²) in [6.45, 7) is 5.19. The number of carbonyl (C=O) groups is 2. The van der Waals surface area contributed by atoms with Gasteiger partial charge in [0.25, 0.3) is 0 Å². The second kappa shape index (κ2) is 13.5. The van der Waals surface area contributed by atoms with Crippen molar-refractivity contribution in [3.63, 3.8) is 0 Å². The number of unbranched alkanes of at least 4 members (excludes halogenated alkanes) is 2. The Morgan fingerprint density at radius 3 is 2.41 bits per heavy atom. The lowest BCUT2D eigenvalue weighted by atomic mass is 10.2. The molecule has 0 bridgehead atoms. The fourth-order valence-electron chi connectivity index (χ4n) is 1.38. The molecular weight excluding hydrogens is 330 g/mol. The first kappa shape index (κ1) is 20.8. The molecule has 0 radical (unpaired) electrons. The van der Waals surface area contributed by atoms with E-state index in [1.54, 1.807) is 0 Å².